The first kappa shape index (κ1) is 24.2. The molecule has 0 fully saturated rings. The second-order valence-corrected chi connectivity index (χ2v) is 7.82. The molecule has 2 atom stereocenters. The minimum Gasteiger partial charge on any atom is -0.484 e. The summed E-state index contributed by atoms with van der Waals surface area (Å²) in [5.74, 6) is 0.542. The van der Waals surface area contributed by atoms with Gasteiger partial charge < -0.3 is 20.1 Å². The van der Waals surface area contributed by atoms with E-state index in [4.69, 9.17) is 21.1 Å². The van der Waals surface area contributed by atoms with E-state index in [1.165, 1.54) is 5.56 Å². The van der Waals surface area contributed by atoms with Gasteiger partial charge in [-0.05, 0) is 55.2 Å². The van der Waals surface area contributed by atoms with Gasteiger partial charge in [-0.2, -0.15) is 0 Å². The summed E-state index contributed by atoms with van der Waals surface area (Å²) in [5, 5.41) is 6.85. The number of nitrogens with one attached hydrogen (secondary N) is 2. The number of unbranched alkanes of at least 4 members (excludes halogenated alkanes) is 1. The van der Waals surface area contributed by atoms with Crippen LogP contribution in [-0.2, 0) is 16.0 Å². The monoisotopic (exact) mass is 432 g/mol. The Morgan fingerprint density at radius 3 is 2.60 bits per heavy atom. The highest BCUT2D eigenvalue weighted by Crippen LogP contribution is 2.21. The highest BCUT2D eigenvalue weighted by atomic mass is 35.5. The van der Waals surface area contributed by atoms with E-state index in [9.17, 15) is 4.79 Å². The molecule has 0 saturated carbocycles. The van der Waals surface area contributed by atoms with Gasteiger partial charge in [-0.15, -0.1) is 0 Å². The van der Waals surface area contributed by atoms with E-state index in [-0.39, 0.29) is 24.7 Å². The van der Waals surface area contributed by atoms with Gasteiger partial charge in [-0.3, -0.25) is 4.79 Å². The van der Waals surface area contributed by atoms with E-state index in [1.54, 1.807) is 7.05 Å². The highest BCUT2D eigenvalue weighted by Gasteiger charge is 2.14. The molecule has 0 heterocycles. The van der Waals surface area contributed by atoms with Crippen LogP contribution in [0.2, 0.25) is 5.02 Å². The summed E-state index contributed by atoms with van der Waals surface area (Å²) in [6.45, 7) is 5.81. The topological polar surface area (TPSA) is 59.6 Å². The lowest BCUT2D eigenvalue weighted by Crippen LogP contribution is -2.33. The number of carbonyl (C=O) groups excluding carboxylic acids is 1. The lowest BCUT2D eigenvalue weighted by atomic mass is 10.1. The second kappa shape index (κ2) is 13.3. The standard InChI is InChI=1S/C24H33ClN2O3/c1-4-5-13-29-23(20-7-6-8-21(25)15-20)16-27-18(2)14-19-9-11-22(12-10-19)30-17-24(28)26-3/h6-12,15,18,23,27H,4-5,13-14,16-17H2,1-3H3,(H,26,28). The second-order valence-electron chi connectivity index (χ2n) is 7.39. The van der Waals surface area contributed by atoms with E-state index in [0.29, 0.717) is 5.75 Å². The third kappa shape index (κ3) is 8.74. The SMILES string of the molecule is CCCCOC(CNC(C)Cc1ccc(OCC(=O)NC)cc1)c1cccc(Cl)c1. The maximum Gasteiger partial charge on any atom is 0.257 e. The van der Waals surface area contributed by atoms with Gasteiger partial charge >= 0.3 is 0 Å². The van der Waals surface area contributed by atoms with Crippen LogP contribution in [-0.4, -0.2) is 38.8 Å². The smallest absolute Gasteiger partial charge is 0.257 e. The molecule has 164 valence electrons. The molecule has 0 aliphatic carbocycles. The number of halogens is 1. The number of rotatable bonds is 13. The Morgan fingerprint density at radius 1 is 1.17 bits per heavy atom. The van der Waals surface area contributed by atoms with E-state index in [1.807, 2.05) is 42.5 Å². The molecule has 0 bridgehead atoms. The van der Waals surface area contributed by atoms with Gasteiger partial charge in [0.05, 0.1) is 6.10 Å². The number of benzene rings is 2. The molecule has 0 aliphatic heterocycles. The van der Waals surface area contributed by atoms with Crippen LogP contribution in [0.4, 0.5) is 0 Å². The van der Waals surface area contributed by atoms with Crippen molar-refractivity contribution in [2.75, 3.05) is 26.8 Å². The van der Waals surface area contributed by atoms with Crippen LogP contribution in [0.25, 0.3) is 0 Å². The number of carbonyl (C=O) groups is 1. The van der Waals surface area contributed by atoms with Crippen molar-refractivity contribution in [3.05, 3.63) is 64.7 Å². The predicted molar refractivity (Wildman–Crippen MR) is 122 cm³/mol. The Bertz CT molecular complexity index is 767. The summed E-state index contributed by atoms with van der Waals surface area (Å²) in [7, 11) is 1.59. The summed E-state index contributed by atoms with van der Waals surface area (Å²) < 4.78 is 11.6. The van der Waals surface area contributed by atoms with Crippen molar-refractivity contribution in [3.63, 3.8) is 0 Å². The zero-order valence-corrected chi connectivity index (χ0v) is 18.9. The number of ether oxygens (including phenoxy) is 2. The normalized spacial score (nSPS) is 12.9. The van der Waals surface area contributed by atoms with Crippen LogP contribution in [0.15, 0.2) is 48.5 Å². The predicted octanol–water partition coefficient (Wildman–Crippen LogP) is 4.54. The molecule has 0 aromatic heterocycles. The van der Waals surface area contributed by atoms with Gasteiger partial charge in [0.15, 0.2) is 6.61 Å². The van der Waals surface area contributed by atoms with Crippen molar-refractivity contribution in [3.8, 4) is 5.75 Å². The third-order valence-corrected chi connectivity index (χ3v) is 5.04. The van der Waals surface area contributed by atoms with Gasteiger partial charge in [0.2, 0.25) is 0 Å². The Kier molecular flexibility index (Phi) is 10.7. The quantitative estimate of drug-likeness (QED) is 0.456. The summed E-state index contributed by atoms with van der Waals surface area (Å²) in [6.07, 6.45) is 3.00. The zero-order chi connectivity index (χ0) is 21.8. The molecule has 1 amide bonds. The average molecular weight is 433 g/mol. The number of hydrogen-bond donors (Lipinski definition) is 2. The minimum atomic E-state index is -0.146. The molecule has 6 heteroatoms. The molecule has 2 aromatic rings. The van der Waals surface area contributed by atoms with Crippen LogP contribution < -0.4 is 15.4 Å². The zero-order valence-electron chi connectivity index (χ0n) is 18.1. The fourth-order valence-electron chi connectivity index (χ4n) is 3.03. The lowest BCUT2D eigenvalue weighted by Gasteiger charge is -2.22. The Morgan fingerprint density at radius 2 is 1.93 bits per heavy atom. The van der Waals surface area contributed by atoms with E-state index in [0.717, 1.165) is 43.0 Å². The van der Waals surface area contributed by atoms with E-state index >= 15 is 0 Å². The first-order valence-electron chi connectivity index (χ1n) is 10.5. The Hall–Kier alpha value is -2.08. The average Bonchev–Trinajstić information content (AvgIpc) is 2.75. The van der Waals surface area contributed by atoms with Crippen LogP contribution in [0, 0.1) is 0 Å². The fourth-order valence-corrected chi connectivity index (χ4v) is 3.23. The van der Waals surface area contributed by atoms with Crippen molar-refractivity contribution in [2.24, 2.45) is 0 Å². The molecule has 0 saturated heterocycles. The Balaban J connectivity index is 1.86. The molecular weight excluding hydrogens is 400 g/mol. The van der Waals surface area contributed by atoms with Crippen molar-refractivity contribution in [1.29, 1.82) is 0 Å². The maximum absolute atomic E-state index is 11.3. The number of amides is 1. The van der Waals surface area contributed by atoms with Gasteiger partial charge in [0.1, 0.15) is 5.75 Å². The molecular formula is C24H33ClN2O3. The summed E-state index contributed by atoms with van der Waals surface area (Å²) in [6, 6.07) is 16.0. The molecule has 2 N–H and O–H groups in total. The summed E-state index contributed by atoms with van der Waals surface area (Å²) >= 11 is 6.17. The molecule has 2 unspecified atom stereocenters. The summed E-state index contributed by atoms with van der Waals surface area (Å²) in [4.78, 5) is 11.3. The van der Waals surface area contributed by atoms with E-state index < -0.39 is 0 Å². The van der Waals surface area contributed by atoms with Crippen LogP contribution in [0.3, 0.4) is 0 Å². The molecule has 5 nitrogen and oxygen atoms in total. The van der Waals surface area contributed by atoms with Crippen molar-refractivity contribution in [1.82, 2.24) is 10.6 Å². The largest absolute Gasteiger partial charge is 0.484 e. The molecule has 0 radical (unpaired) electrons. The summed E-state index contributed by atoms with van der Waals surface area (Å²) in [5.41, 5.74) is 2.30. The first-order chi connectivity index (χ1) is 14.5. The third-order valence-electron chi connectivity index (χ3n) is 4.80. The number of likely N-dealkylation sites (N-methyl/N-ethyl adjacent to an activating group) is 1. The van der Waals surface area contributed by atoms with Gasteiger partial charge in [-0.1, -0.05) is 49.2 Å². The molecule has 30 heavy (non-hydrogen) atoms. The van der Waals surface area contributed by atoms with Gasteiger partial charge in [0, 0.05) is 31.3 Å². The van der Waals surface area contributed by atoms with Gasteiger partial charge in [0.25, 0.3) is 5.91 Å². The maximum atomic E-state index is 11.3. The highest BCUT2D eigenvalue weighted by molar-refractivity contribution is 6.30. The molecule has 2 rings (SSSR count). The van der Waals surface area contributed by atoms with Crippen molar-refractivity contribution >= 4 is 17.5 Å². The lowest BCUT2D eigenvalue weighted by molar-refractivity contribution is -0.122. The Labute approximate surface area is 185 Å². The molecule has 0 spiro atoms. The fraction of sp³-hybridized carbons (Fsp3) is 0.458. The molecule has 2 aromatic carbocycles. The van der Waals surface area contributed by atoms with Crippen LogP contribution in [0.1, 0.15) is 43.9 Å². The minimum absolute atomic E-state index is 0.0245. The van der Waals surface area contributed by atoms with E-state index in [2.05, 4.69) is 30.5 Å². The van der Waals surface area contributed by atoms with Crippen molar-refractivity contribution in [2.45, 2.75) is 45.3 Å². The van der Waals surface area contributed by atoms with Gasteiger partial charge in [-0.25, -0.2) is 0 Å². The molecule has 0 aliphatic rings. The van der Waals surface area contributed by atoms with Crippen LogP contribution in [0.5, 0.6) is 5.75 Å². The number of hydrogen-bond acceptors (Lipinski definition) is 4. The van der Waals surface area contributed by atoms with Crippen LogP contribution >= 0.6 is 11.6 Å². The first-order valence-corrected chi connectivity index (χ1v) is 10.9. The van der Waals surface area contributed by atoms with Crippen molar-refractivity contribution < 1.29 is 14.3 Å².